The fourth-order valence-corrected chi connectivity index (χ4v) is 6.73. The van der Waals surface area contributed by atoms with E-state index in [1.807, 2.05) is 13.8 Å². The molecule has 0 amide bonds. The van der Waals surface area contributed by atoms with E-state index in [1.165, 1.54) is 37.7 Å². The van der Waals surface area contributed by atoms with E-state index in [-0.39, 0.29) is 0 Å². The Hall–Kier alpha value is -0.900. The minimum absolute atomic E-state index is 0.360. The van der Waals surface area contributed by atoms with E-state index in [1.54, 1.807) is 0 Å². The molecule has 0 spiro atoms. The lowest BCUT2D eigenvalue weighted by molar-refractivity contribution is 0.0299. The fraction of sp³-hybridized carbons (Fsp3) is 0.778. The van der Waals surface area contributed by atoms with Crippen molar-refractivity contribution in [1.82, 2.24) is 0 Å². The number of aliphatic hydroxyl groups is 3. The van der Waals surface area contributed by atoms with Crippen LogP contribution in [-0.4, -0.2) is 33.1 Å². The van der Waals surface area contributed by atoms with Crippen LogP contribution in [0.25, 0.3) is 0 Å². The minimum atomic E-state index is -0.801. The molecule has 0 saturated heterocycles. The number of rotatable bonds is 6. The molecular weight excluding hydrogens is 372 g/mol. The van der Waals surface area contributed by atoms with Gasteiger partial charge in [0.2, 0.25) is 0 Å². The van der Waals surface area contributed by atoms with E-state index in [9.17, 15) is 15.3 Å². The number of hydrogen-bond acceptors (Lipinski definition) is 3. The second-order valence-corrected chi connectivity index (χ2v) is 11.3. The third-order valence-electron chi connectivity index (χ3n) is 8.48. The highest BCUT2D eigenvalue weighted by Crippen LogP contribution is 2.60. The van der Waals surface area contributed by atoms with Crippen LogP contribution in [0.4, 0.5) is 0 Å². The molecule has 0 heterocycles. The van der Waals surface area contributed by atoms with Gasteiger partial charge in [0.05, 0.1) is 11.7 Å². The van der Waals surface area contributed by atoms with Crippen molar-refractivity contribution in [2.75, 3.05) is 0 Å². The summed E-state index contributed by atoms with van der Waals surface area (Å²) in [5.74, 6) is 2.07. The summed E-state index contributed by atoms with van der Waals surface area (Å²) in [6.07, 6.45) is 13.6. The number of aliphatic hydroxyl groups excluding tert-OH is 2. The van der Waals surface area contributed by atoms with Crippen molar-refractivity contribution < 1.29 is 15.3 Å². The van der Waals surface area contributed by atoms with Gasteiger partial charge < -0.3 is 15.3 Å². The van der Waals surface area contributed by atoms with Gasteiger partial charge in [0, 0.05) is 0 Å². The topological polar surface area (TPSA) is 60.7 Å². The van der Waals surface area contributed by atoms with E-state index in [0.717, 1.165) is 42.7 Å². The minimum Gasteiger partial charge on any atom is -0.390 e. The maximum absolute atomic E-state index is 10.4. The van der Waals surface area contributed by atoms with Crippen LogP contribution in [0.3, 0.4) is 0 Å². The van der Waals surface area contributed by atoms with Gasteiger partial charge in [-0.05, 0) is 99.5 Å². The SMILES string of the molecule is C=C1CC[C@H](O)[C@H](O)/C1=C\C=C1\CCC[C@]2(C)[C@@H]([C@H](C)CCCC(C)(C)O)CC[C@@H]12. The first-order valence-corrected chi connectivity index (χ1v) is 12.2. The summed E-state index contributed by atoms with van der Waals surface area (Å²) in [5.41, 5.74) is 3.12. The van der Waals surface area contributed by atoms with Gasteiger partial charge in [-0.15, -0.1) is 0 Å². The molecule has 170 valence electrons. The van der Waals surface area contributed by atoms with Crippen LogP contribution in [0.2, 0.25) is 0 Å². The zero-order valence-corrected chi connectivity index (χ0v) is 19.7. The van der Waals surface area contributed by atoms with Gasteiger partial charge in [-0.25, -0.2) is 0 Å². The van der Waals surface area contributed by atoms with E-state index in [4.69, 9.17) is 0 Å². The van der Waals surface area contributed by atoms with Crippen LogP contribution in [0.1, 0.15) is 91.9 Å². The lowest BCUT2D eigenvalue weighted by atomic mass is 9.60. The highest BCUT2D eigenvalue weighted by molar-refractivity contribution is 5.39. The van der Waals surface area contributed by atoms with E-state index in [0.29, 0.717) is 23.7 Å². The van der Waals surface area contributed by atoms with Crippen molar-refractivity contribution in [2.24, 2.45) is 23.2 Å². The summed E-state index contributed by atoms with van der Waals surface area (Å²) in [7, 11) is 0. The Morgan fingerprint density at radius 3 is 2.60 bits per heavy atom. The Kier molecular flexibility index (Phi) is 7.37. The molecule has 0 aromatic carbocycles. The van der Waals surface area contributed by atoms with Crippen LogP contribution in [-0.2, 0) is 0 Å². The van der Waals surface area contributed by atoms with Crippen molar-refractivity contribution in [1.29, 1.82) is 0 Å². The first-order chi connectivity index (χ1) is 14.0. The average Bonchev–Trinajstić information content (AvgIpc) is 3.01. The van der Waals surface area contributed by atoms with Crippen LogP contribution >= 0.6 is 0 Å². The Bertz CT molecular complexity index is 683. The number of fused-ring (bicyclic) bond motifs is 1. The van der Waals surface area contributed by atoms with Crippen molar-refractivity contribution >= 4 is 0 Å². The summed E-state index contributed by atoms with van der Waals surface area (Å²) in [6.45, 7) is 12.9. The molecular formula is C27H44O3. The molecule has 3 rings (SSSR count). The fourth-order valence-electron chi connectivity index (χ4n) is 6.73. The molecule has 0 unspecified atom stereocenters. The zero-order chi connectivity index (χ0) is 22.1. The highest BCUT2D eigenvalue weighted by atomic mass is 16.3. The van der Waals surface area contributed by atoms with Gasteiger partial charge in [-0.3, -0.25) is 0 Å². The van der Waals surface area contributed by atoms with Crippen LogP contribution in [0.5, 0.6) is 0 Å². The van der Waals surface area contributed by atoms with Gasteiger partial charge in [-0.2, -0.15) is 0 Å². The molecule has 30 heavy (non-hydrogen) atoms. The molecule has 0 radical (unpaired) electrons. The van der Waals surface area contributed by atoms with Crippen molar-refractivity contribution in [2.45, 2.75) is 110 Å². The Morgan fingerprint density at radius 1 is 1.17 bits per heavy atom. The molecule has 0 aromatic heterocycles. The highest BCUT2D eigenvalue weighted by Gasteiger charge is 2.50. The van der Waals surface area contributed by atoms with Gasteiger partial charge in [0.1, 0.15) is 6.10 Å². The quantitative estimate of drug-likeness (QED) is 0.520. The van der Waals surface area contributed by atoms with E-state index in [2.05, 4.69) is 32.6 Å². The monoisotopic (exact) mass is 416 g/mol. The molecule has 0 bridgehead atoms. The van der Waals surface area contributed by atoms with Crippen LogP contribution in [0, 0.1) is 23.2 Å². The summed E-state index contributed by atoms with van der Waals surface area (Å²) in [5, 5.41) is 30.5. The van der Waals surface area contributed by atoms with Crippen LogP contribution < -0.4 is 0 Å². The normalized spacial score (nSPS) is 38.8. The molecule has 3 N–H and O–H groups in total. The van der Waals surface area contributed by atoms with Gasteiger partial charge in [-0.1, -0.05) is 51.0 Å². The first-order valence-electron chi connectivity index (χ1n) is 12.2. The Labute approximate surface area is 184 Å². The summed E-state index contributed by atoms with van der Waals surface area (Å²) >= 11 is 0. The molecule has 3 heteroatoms. The van der Waals surface area contributed by atoms with Crippen molar-refractivity contribution in [3.63, 3.8) is 0 Å². The van der Waals surface area contributed by atoms with E-state index < -0.39 is 17.8 Å². The second kappa shape index (κ2) is 9.30. The molecule has 3 aliphatic rings. The third kappa shape index (κ3) is 5.11. The Balaban J connectivity index is 1.72. The molecule has 3 aliphatic carbocycles. The number of hydrogen-bond donors (Lipinski definition) is 3. The molecule has 3 saturated carbocycles. The molecule has 3 nitrogen and oxygen atoms in total. The maximum atomic E-state index is 10.4. The largest absolute Gasteiger partial charge is 0.390 e. The summed E-state index contributed by atoms with van der Waals surface area (Å²) in [6, 6.07) is 0. The summed E-state index contributed by atoms with van der Waals surface area (Å²) in [4.78, 5) is 0. The predicted octanol–water partition coefficient (Wildman–Crippen LogP) is 5.70. The van der Waals surface area contributed by atoms with Gasteiger partial charge in [0.25, 0.3) is 0 Å². The van der Waals surface area contributed by atoms with Crippen molar-refractivity contribution in [3.05, 3.63) is 35.5 Å². The standard InChI is InChI=1S/C27H44O3/c1-18-10-15-24(28)25(29)21(18)12-11-20-9-7-17-27(5)22(13-14-23(20)27)19(2)8-6-16-26(3,4)30/h11-12,19,22-25,28-30H,1,6-10,13-17H2,2-5H3/b20-11-,21-12-/t19-,22-,23+,24+,25-,27-/m1/s1. The first kappa shape index (κ1) is 23.8. The molecule has 0 aliphatic heterocycles. The lowest BCUT2D eigenvalue weighted by Gasteiger charge is -2.44. The molecule has 0 aromatic rings. The zero-order valence-electron chi connectivity index (χ0n) is 19.7. The lowest BCUT2D eigenvalue weighted by Crippen LogP contribution is -2.36. The van der Waals surface area contributed by atoms with Crippen LogP contribution in [0.15, 0.2) is 35.5 Å². The average molecular weight is 417 g/mol. The molecule has 3 fully saturated rings. The summed E-state index contributed by atoms with van der Waals surface area (Å²) < 4.78 is 0. The van der Waals surface area contributed by atoms with Gasteiger partial charge in [0.15, 0.2) is 0 Å². The van der Waals surface area contributed by atoms with E-state index >= 15 is 0 Å². The van der Waals surface area contributed by atoms with Gasteiger partial charge >= 0.3 is 0 Å². The third-order valence-corrected chi connectivity index (χ3v) is 8.48. The smallest absolute Gasteiger partial charge is 0.105 e. The Morgan fingerprint density at radius 2 is 1.90 bits per heavy atom. The second-order valence-electron chi connectivity index (χ2n) is 11.3. The maximum Gasteiger partial charge on any atom is 0.105 e. The molecule has 6 atom stereocenters. The number of allylic oxidation sites excluding steroid dienone is 3. The van der Waals surface area contributed by atoms with Crippen molar-refractivity contribution in [3.8, 4) is 0 Å². The predicted molar refractivity (Wildman–Crippen MR) is 124 cm³/mol.